The normalized spacial score (nSPS) is 15.6. The summed E-state index contributed by atoms with van der Waals surface area (Å²) in [7, 11) is 0. The molecule has 0 radical (unpaired) electrons. The summed E-state index contributed by atoms with van der Waals surface area (Å²) in [5.41, 5.74) is 5.82. The number of aryl methyl sites for hydroxylation is 2. The fourth-order valence-corrected chi connectivity index (χ4v) is 4.28. The van der Waals surface area contributed by atoms with Crippen LogP contribution in [0.1, 0.15) is 34.0 Å². The number of benzene rings is 3. The van der Waals surface area contributed by atoms with Gasteiger partial charge in [0.15, 0.2) is 5.96 Å². The van der Waals surface area contributed by atoms with Gasteiger partial charge < -0.3 is 25.3 Å². The summed E-state index contributed by atoms with van der Waals surface area (Å²) in [6, 6.07) is 24.2. The highest BCUT2D eigenvalue weighted by Gasteiger charge is 2.38. The maximum absolute atomic E-state index is 11.4. The van der Waals surface area contributed by atoms with Gasteiger partial charge in [0.25, 0.3) is 0 Å². The molecule has 1 heterocycles. The molecule has 3 aromatic carbocycles. The molecule has 4 rings (SSSR count). The predicted molar refractivity (Wildman–Crippen MR) is 153 cm³/mol. The van der Waals surface area contributed by atoms with Crippen LogP contribution in [0.2, 0.25) is 0 Å². The Balaban J connectivity index is 0.000000587. The van der Waals surface area contributed by atoms with E-state index in [2.05, 4.69) is 84.4 Å². The molecule has 11 heteroatoms. The number of aliphatic imine (C=N–C) groups is 1. The molecule has 8 nitrogen and oxygen atoms in total. The molecule has 1 saturated heterocycles. The van der Waals surface area contributed by atoms with E-state index < -0.39 is 18.1 Å². The maximum atomic E-state index is 11.4. The molecule has 1 unspecified atom stereocenters. The van der Waals surface area contributed by atoms with Gasteiger partial charge in [0.2, 0.25) is 0 Å². The second-order valence-corrected chi connectivity index (χ2v) is 9.77. The fourth-order valence-electron chi connectivity index (χ4n) is 4.28. The predicted octanol–water partition coefficient (Wildman–Crippen LogP) is 5.81. The minimum Gasteiger partial charge on any atom is -0.478 e. The quantitative estimate of drug-likeness (QED) is 0.263. The molecule has 0 spiro atoms. The number of carbonyl (C=O) groups is 2. The standard InChI is InChI=1S/C28H32N4O2.C2HF3O2/c1-20-10-12-23(13-11-20)18-29-28(30-25-8-5-7-24(17-25)27(33)34)31-14-15-32(22(3)19-31)26-9-4-6-21(2)16-26;3-2(4,5)1(6)7/h4-13,16-17,22H,14-15,18-19H2,1-3H3,(H,29,30)(H,33,34);(H,6,7). The number of piperazine rings is 1. The van der Waals surface area contributed by atoms with Gasteiger partial charge in [-0.1, -0.05) is 48.0 Å². The monoisotopic (exact) mass is 570 g/mol. The molecule has 0 aromatic heterocycles. The number of hydrogen-bond donors (Lipinski definition) is 3. The Morgan fingerprint density at radius 2 is 1.61 bits per heavy atom. The Morgan fingerprint density at radius 3 is 2.20 bits per heavy atom. The first-order valence-electron chi connectivity index (χ1n) is 12.9. The van der Waals surface area contributed by atoms with E-state index in [-0.39, 0.29) is 5.56 Å². The number of anilines is 2. The van der Waals surface area contributed by atoms with Crippen molar-refractivity contribution in [2.45, 2.75) is 39.5 Å². The van der Waals surface area contributed by atoms with Gasteiger partial charge in [-0.3, -0.25) is 0 Å². The van der Waals surface area contributed by atoms with Gasteiger partial charge in [-0.2, -0.15) is 13.2 Å². The van der Waals surface area contributed by atoms with Crippen LogP contribution in [0.15, 0.2) is 77.8 Å². The van der Waals surface area contributed by atoms with Crippen molar-refractivity contribution >= 4 is 29.3 Å². The SMILES string of the molecule is Cc1ccc(CN=C(Nc2cccc(C(=O)O)c2)N2CCN(c3cccc(C)c3)C(C)C2)cc1.O=C(O)C(F)(F)F. The molecular weight excluding hydrogens is 537 g/mol. The largest absolute Gasteiger partial charge is 0.490 e. The van der Waals surface area contributed by atoms with Gasteiger partial charge in [0, 0.05) is 37.1 Å². The molecule has 218 valence electrons. The average Bonchev–Trinajstić information content (AvgIpc) is 2.92. The van der Waals surface area contributed by atoms with Crippen molar-refractivity contribution in [2.75, 3.05) is 29.9 Å². The molecule has 0 saturated carbocycles. The van der Waals surface area contributed by atoms with Gasteiger partial charge in [0.1, 0.15) is 0 Å². The molecule has 0 bridgehead atoms. The van der Waals surface area contributed by atoms with Gasteiger partial charge in [-0.15, -0.1) is 0 Å². The fraction of sp³-hybridized carbons (Fsp3) is 0.300. The lowest BCUT2D eigenvalue weighted by Gasteiger charge is -2.42. The van der Waals surface area contributed by atoms with Gasteiger partial charge in [-0.05, 0) is 62.2 Å². The Bertz CT molecular complexity index is 1380. The Hall–Kier alpha value is -4.54. The molecule has 3 N–H and O–H groups in total. The van der Waals surface area contributed by atoms with E-state index in [0.717, 1.165) is 36.8 Å². The van der Waals surface area contributed by atoms with E-state index >= 15 is 0 Å². The lowest BCUT2D eigenvalue weighted by molar-refractivity contribution is -0.192. The molecule has 1 fully saturated rings. The highest BCUT2D eigenvalue weighted by Crippen LogP contribution is 2.23. The number of guanidine groups is 1. The molecule has 1 aliphatic rings. The summed E-state index contributed by atoms with van der Waals surface area (Å²) >= 11 is 0. The van der Waals surface area contributed by atoms with Gasteiger partial charge >= 0.3 is 18.1 Å². The van der Waals surface area contributed by atoms with Gasteiger partial charge in [0.05, 0.1) is 12.1 Å². The highest BCUT2D eigenvalue weighted by molar-refractivity contribution is 5.96. The summed E-state index contributed by atoms with van der Waals surface area (Å²) in [6.45, 7) is 9.48. The number of aromatic carboxylic acids is 1. The third-order valence-corrected chi connectivity index (χ3v) is 6.40. The van der Waals surface area contributed by atoms with Crippen LogP contribution in [0.5, 0.6) is 0 Å². The summed E-state index contributed by atoms with van der Waals surface area (Å²) in [5.74, 6) is -2.94. The first kappa shape index (κ1) is 31.0. The number of nitrogens with one attached hydrogen (secondary N) is 1. The minimum absolute atomic E-state index is 0.250. The van der Waals surface area contributed by atoms with Crippen LogP contribution < -0.4 is 10.2 Å². The Kier molecular flexibility index (Phi) is 10.3. The van der Waals surface area contributed by atoms with Crippen molar-refractivity contribution in [3.05, 3.63) is 95.1 Å². The number of alkyl halides is 3. The summed E-state index contributed by atoms with van der Waals surface area (Å²) in [6.07, 6.45) is -5.08. The smallest absolute Gasteiger partial charge is 0.478 e. The number of halogens is 3. The molecule has 1 atom stereocenters. The van der Waals surface area contributed by atoms with Crippen molar-refractivity contribution in [3.8, 4) is 0 Å². The zero-order valence-corrected chi connectivity index (χ0v) is 23.0. The van der Waals surface area contributed by atoms with Crippen molar-refractivity contribution in [1.29, 1.82) is 0 Å². The number of hydrogen-bond acceptors (Lipinski definition) is 4. The van der Waals surface area contributed by atoms with E-state index in [4.69, 9.17) is 14.9 Å². The number of nitrogens with zero attached hydrogens (tertiary/aromatic N) is 3. The van der Waals surface area contributed by atoms with Crippen molar-refractivity contribution in [1.82, 2.24) is 4.90 Å². The summed E-state index contributed by atoms with van der Waals surface area (Å²) in [5, 5.41) is 19.9. The molecule has 0 amide bonds. The zero-order chi connectivity index (χ0) is 30.2. The molecule has 41 heavy (non-hydrogen) atoms. The first-order chi connectivity index (χ1) is 19.3. The first-order valence-corrected chi connectivity index (χ1v) is 12.9. The van der Waals surface area contributed by atoms with E-state index in [9.17, 15) is 23.1 Å². The van der Waals surface area contributed by atoms with Crippen molar-refractivity contribution < 1.29 is 33.0 Å². The second kappa shape index (κ2) is 13.7. The lowest BCUT2D eigenvalue weighted by Crippen LogP contribution is -2.55. The van der Waals surface area contributed by atoms with Gasteiger partial charge in [-0.25, -0.2) is 14.6 Å². The maximum Gasteiger partial charge on any atom is 0.490 e. The second-order valence-electron chi connectivity index (χ2n) is 9.77. The van der Waals surface area contributed by atoms with Crippen LogP contribution in [0, 0.1) is 13.8 Å². The molecule has 3 aromatic rings. The van der Waals surface area contributed by atoms with E-state index in [1.807, 2.05) is 6.07 Å². The highest BCUT2D eigenvalue weighted by atomic mass is 19.4. The number of carboxylic acid groups (broad SMARTS) is 2. The number of carboxylic acids is 2. The van der Waals surface area contributed by atoms with Crippen LogP contribution in [-0.4, -0.2) is 64.9 Å². The Labute approximate surface area is 236 Å². The third-order valence-electron chi connectivity index (χ3n) is 6.40. The topological polar surface area (TPSA) is 105 Å². The summed E-state index contributed by atoms with van der Waals surface area (Å²) in [4.78, 5) is 30.0. The number of rotatable bonds is 5. The number of aliphatic carboxylic acids is 1. The molecule has 1 aliphatic heterocycles. The Morgan fingerprint density at radius 1 is 0.951 bits per heavy atom. The lowest BCUT2D eigenvalue weighted by atomic mass is 10.1. The van der Waals surface area contributed by atoms with E-state index in [1.165, 1.54) is 16.8 Å². The zero-order valence-electron chi connectivity index (χ0n) is 23.0. The summed E-state index contributed by atoms with van der Waals surface area (Å²) < 4.78 is 31.7. The van der Waals surface area contributed by atoms with Crippen molar-refractivity contribution in [3.63, 3.8) is 0 Å². The van der Waals surface area contributed by atoms with Crippen LogP contribution in [-0.2, 0) is 11.3 Å². The van der Waals surface area contributed by atoms with E-state index in [0.29, 0.717) is 12.6 Å². The van der Waals surface area contributed by atoms with E-state index in [1.54, 1.807) is 18.2 Å². The van der Waals surface area contributed by atoms with Crippen LogP contribution in [0.25, 0.3) is 0 Å². The average molecular weight is 571 g/mol. The van der Waals surface area contributed by atoms with Crippen LogP contribution in [0.4, 0.5) is 24.5 Å². The minimum atomic E-state index is -5.08. The molecular formula is C30H33F3N4O4. The third kappa shape index (κ3) is 9.26. The van der Waals surface area contributed by atoms with Crippen LogP contribution >= 0.6 is 0 Å². The molecule has 0 aliphatic carbocycles. The van der Waals surface area contributed by atoms with Crippen LogP contribution in [0.3, 0.4) is 0 Å². The van der Waals surface area contributed by atoms with Crippen molar-refractivity contribution in [2.24, 2.45) is 4.99 Å².